The van der Waals surface area contributed by atoms with E-state index < -0.39 is 0 Å². The first kappa shape index (κ1) is 10.4. The number of amides is 1. The molecule has 0 radical (unpaired) electrons. The monoisotopic (exact) mass is 234 g/mol. The Balaban J connectivity index is 1.38. The molecule has 0 spiro atoms. The van der Waals surface area contributed by atoms with Crippen molar-refractivity contribution in [2.24, 2.45) is 35.3 Å². The molecule has 4 saturated carbocycles. The molecule has 94 valence electrons. The molecular weight excluding hydrogens is 212 g/mol. The number of fused-ring (bicyclic) bond motifs is 5. The third-order valence-electron chi connectivity index (χ3n) is 5.95. The molecule has 1 amide bonds. The van der Waals surface area contributed by atoms with Crippen molar-refractivity contribution in [3.05, 3.63) is 0 Å². The number of rotatable bonds is 2. The van der Waals surface area contributed by atoms with Gasteiger partial charge in [-0.25, -0.2) is 0 Å². The number of carbonyl (C=O) groups is 1. The first-order valence-corrected chi connectivity index (χ1v) is 7.31. The zero-order valence-corrected chi connectivity index (χ0v) is 10.3. The molecule has 0 aliphatic heterocycles. The summed E-state index contributed by atoms with van der Waals surface area (Å²) >= 11 is 0. The SMILES string of the molecule is NC1CCCC1C(=O)NC1C2C3CCC(C3)C12. The van der Waals surface area contributed by atoms with E-state index in [2.05, 4.69) is 5.32 Å². The smallest absolute Gasteiger partial charge is 0.224 e. The molecule has 4 aliphatic rings. The van der Waals surface area contributed by atoms with Crippen LogP contribution in [-0.2, 0) is 4.79 Å². The van der Waals surface area contributed by atoms with Crippen molar-refractivity contribution in [2.75, 3.05) is 0 Å². The van der Waals surface area contributed by atoms with Gasteiger partial charge in [0.2, 0.25) is 5.91 Å². The highest BCUT2D eigenvalue weighted by atomic mass is 16.2. The van der Waals surface area contributed by atoms with Gasteiger partial charge in [0, 0.05) is 12.1 Å². The summed E-state index contributed by atoms with van der Waals surface area (Å²) in [6, 6.07) is 0.645. The number of hydrogen-bond acceptors (Lipinski definition) is 2. The maximum Gasteiger partial charge on any atom is 0.224 e. The predicted octanol–water partition coefficient (Wildman–Crippen LogP) is 1.27. The van der Waals surface area contributed by atoms with Crippen LogP contribution >= 0.6 is 0 Å². The van der Waals surface area contributed by atoms with Crippen LogP contribution in [0.5, 0.6) is 0 Å². The first-order valence-electron chi connectivity index (χ1n) is 7.31. The third kappa shape index (κ3) is 1.41. The summed E-state index contributed by atoms with van der Waals surface area (Å²) < 4.78 is 0. The lowest BCUT2D eigenvalue weighted by atomic mass is 10.0. The lowest BCUT2D eigenvalue weighted by Gasteiger charge is -2.17. The van der Waals surface area contributed by atoms with Crippen LogP contribution in [0.2, 0.25) is 0 Å². The normalized spacial score (nSPS) is 54.8. The van der Waals surface area contributed by atoms with Crippen molar-refractivity contribution < 1.29 is 4.79 Å². The van der Waals surface area contributed by atoms with Crippen LogP contribution in [0, 0.1) is 29.6 Å². The fraction of sp³-hybridized carbons (Fsp3) is 0.929. The summed E-state index contributed by atoms with van der Waals surface area (Å²) in [6.45, 7) is 0. The Labute approximate surface area is 103 Å². The molecule has 0 aromatic rings. The van der Waals surface area contributed by atoms with Gasteiger partial charge in [0.05, 0.1) is 5.92 Å². The molecule has 0 heterocycles. The van der Waals surface area contributed by atoms with E-state index in [1.54, 1.807) is 0 Å². The molecule has 0 aromatic carbocycles. The van der Waals surface area contributed by atoms with E-state index in [1.165, 1.54) is 19.3 Å². The van der Waals surface area contributed by atoms with Crippen molar-refractivity contribution in [3.63, 3.8) is 0 Å². The van der Waals surface area contributed by atoms with Gasteiger partial charge >= 0.3 is 0 Å². The average Bonchev–Trinajstić information content (AvgIpc) is 2.76. The molecule has 2 bridgehead atoms. The highest BCUT2D eigenvalue weighted by Crippen LogP contribution is 2.65. The maximum absolute atomic E-state index is 12.2. The Morgan fingerprint density at radius 3 is 2.35 bits per heavy atom. The van der Waals surface area contributed by atoms with Crippen LogP contribution in [-0.4, -0.2) is 18.0 Å². The second-order valence-electron chi connectivity index (χ2n) is 6.72. The van der Waals surface area contributed by atoms with Gasteiger partial charge in [-0.05, 0) is 55.8 Å². The minimum absolute atomic E-state index is 0.106. The predicted molar refractivity (Wildman–Crippen MR) is 65.1 cm³/mol. The van der Waals surface area contributed by atoms with Crippen molar-refractivity contribution in [2.45, 2.75) is 50.6 Å². The highest BCUT2D eigenvalue weighted by Gasteiger charge is 2.65. The van der Waals surface area contributed by atoms with E-state index in [0.29, 0.717) is 6.04 Å². The summed E-state index contributed by atoms with van der Waals surface area (Å²) in [5.41, 5.74) is 6.00. The Kier molecular flexibility index (Phi) is 2.11. The van der Waals surface area contributed by atoms with Crippen molar-refractivity contribution in [1.29, 1.82) is 0 Å². The molecule has 4 rings (SSSR count). The number of hydrogen-bond donors (Lipinski definition) is 2. The topological polar surface area (TPSA) is 55.1 Å². The van der Waals surface area contributed by atoms with E-state index in [-0.39, 0.29) is 17.9 Å². The van der Waals surface area contributed by atoms with Crippen LogP contribution in [0.4, 0.5) is 0 Å². The van der Waals surface area contributed by atoms with Gasteiger partial charge in [-0.15, -0.1) is 0 Å². The summed E-state index contributed by atoms with van der Waals surface area (Å²) in [5, 5.41) is 3.31. The number of nitrogens with one attached hydrogen (secondary N) is 1. The van der Waals surface area contributed by atoms with Gasteiger partial charge in [-0.3, -0.25) is 4.79 Å². The standard InChI is InChI=1S/C14H22N2O/c15-10-3-1-2-9(10)14(17)16-13-11-7-4-5-8(6-7)12(11)13/h7-13H,1-6,15H2,(H,16,17). The fourth-order valence-electron chi connectivity index (χ4n) is 5.10. The van der Waals surface area contributed by atoms with Gasteiger partial charge < -0.3 is 11.1 Å². The molecule has 4 aliphatic carbocycles. The molecule has 0 saturated heterocycles. The Bertz CT molecular complexity index is 340. The van der Waals surface area contributed by atoms with E-state index in [1.807, 2.05) is 0 Å². The molecule has 4 fully saturated rings. The van der Waals surface area contributed by atoms with Gasteiger partial charge in [-0.1, -0.05) is 6.42 Å². The van der Waals surface area contributed by atoms with Gasteiger partial charge in [0.1, 0.15) is 0 Å². The van der Waals surface area contributed by atoms with E-state index >= 15 is 0 Å². The first-order chi connectivity index (χ1) is 8.25. The molecule has 0 aromatic heterocycles. The lowest BCUT2D eigenvalue weighted by Crippen LogP contribution is -2.41. The largest absolute Gasteiger partial charge is 0.352 e. The van der Waals surface area contributed by atoms with Crippen LogP contribution < -0.4 is 11.1 Å². The van der Waals surface area contributed by atoms with E-state index in [0.717, 1.165) is 42.9 Å². The zero-order chi connectivity index (χ0) is 11.6. The molecule has 17 heavy (non-hydrogen) atoms. The Hall–Kier alpha value is -0.570. The number of nitrogens with two attached hydrogens (primary N) is 1. The fourth-order valence-corrected chi connectivity index (χ4v) is 5.10. The minimum atomic E-state index is 0.106. The Morgan fingerprint density at radius 1 is 1.06 bits per heavy atom. The van der Waals surface area contributed by atoms with Crippen molar-refractivity contribution >= 4 is 5.91 Å². The van der Waals surface area contributed by atoms with Crippen LogP contribution in [0.15, 0.2) is 0 Å². The minimum Gasteiger partial charge on any atom is -0.352 e. The van der Waals surface area contributed by atoms with Gasteiger partial charge in [0.25, 0.3) is 0 Å². The molecule has 3 nitrogen and oxygen atoms in total. The molecule has 6 unspecified atom stereocenters. The highest BCUT2D eigenvalue weighted by molar-refractivity contribution is 5.80. The summed E-state index contributed by atoms with van der Waals surface area (Å²) in [4.78, 5) is 12.2. The van der Waals surface area contributed by atoms with Crippen LogP contribution in [0.3, 0.4) is 0 Å². The van der Waals surface area contributed by atoms with E-state index in [9.17, 15) is 4.79 Å². The molecule has 6 atom stereocenters. The van der Waals surface area contributed by atoms with Gasteiger partial charge in [0.15, 0.2) is 0 Å². The Morgan fingerprint density at radius 2 is 1.76 bits per heavy atom. The summed E-state index contributed by atoms with van der Waals surface area (Å²) in [5.74, 6) is 3.92. The second kappa shape index (κ2) is 3.47. The third-order valence-corrected chi connectivity index (χ3v) is 5.95. The van der Waals surface area contributed by atoms with Gasteiger partial charge in [-0.2, -0.15) is 0 Å². The lowest BCUT2D eigenvalue weighted by molar-refractivity contribution is -0.125. The average molecular weight is 234 g/mol. The van der Waals surface area contributed by atoms with Crippen molar-refractivity contribution in [1.82, 2.24) is 5.32 Å². The molecule has 3 N–H and O–H groups in total. The molecule has 3 heteroatoms. The van der Waals surface area contributed by atoms with Crippen LogP contribution in [0.25, 0.3) is 0 Å². The van der Waals surface area contributed by atoms with Crippen molar-refractivity contribution in [3.8, 4) is 0 Å². The number of carbonyl (C=O) groups excluding carboxylic acids is 1. The van der Waals surface area contributed by atoms with E-state index in [4.69, 9.17) is 5.73 Å². The second-order valence-corrected chi connectivity index (χ2v) is 6.72. The maximum atomic E-state index is 12.2. The quantitative estimate of drug-likeness (QED) is 0.756. The molecular formula is C14H22N2O. The summed E-state index contributed by atoms with van der Waals surface area (Å²) in [7, 11) is 0. The van der Waals surface area contributed by atoms with Crippen LogP contribution in [0.1, 0.15) is 38.5 Å². The zero-order valence-electron chi connectivity index (χ0n) is 10.3. The summed E-state index contributed by atoms with van der Waals surface area (Å²) in [6.07, 6.45) is 7.44.